The van der Waals surface area contributed by atoms with E-state index in [0.29, 0.717) is 12.6 Å². The van der Waals surface area contributed by atoms with Gasteiger partial charge in [0.2, 0.25) is 0 Å². The van der Waals surface area contributed by atoms with E-state index in [4.69, 9.17) is 5.11 Å². The molecule has 0 bridgehead atoms. The third kappa shape index (κ3) is 3.02. The van der Waals surface area contributed by atoms with Crippen LogP contribution in [0.5, 0.6) is 0 Å². The summed E-state index contributed by atoms with van der Waals surface area (Å²) in [5, 5.41) is 11.9. The normalized spacial score (nSPS) is 17.1. The molecule has 1 fully saturated rings. The molecule has 0 aromatic carbocycles. The molecule has 0 atom stereocenters. The van der Waals surface area contributed by atoms with Crippen LogP contribution in [0.25, 0.3) is 0 Å². The maximum absolute atomic E-state index is 10.8. The van der Waals surface area contributed by atoms with Crippen molar-refractivity contribution >= 4 is 17.3 Å². The second kappa shape index (κ2) is 5.41. The van der Waals surface area contributed by atoms with Crippen LogP contribution >= 0.6 is 11.3 Å². The van der Waals surface area contributed by atoms with Gasteiger partial charge in [-0.3, -0.25) is 9.69 Å². The molecule has 1 aromatic heterocycles. The average Bonchev–Trinajstić information content (AvgIpc) is 2.88. The monoisotopic (exact) mass is 240 g/mol. The molecule has 1 saturated carbocycles. The number of aliphatic carboxylic acids is 1. The van der Waals surface area contributed by atoms with E-state index in [1.165, 1.54) is 12.8 Å². The minimum Gasteiger partial charge on any atom is -0.480 e. The Morgan fingerprint density at radius 1 is 1.56 bits per heavy atom. The van der Waals surface area contributed by atoms with E-state index < -0.39 is 5.97 Å². The molecule has 1 aromatic rings. The van der Waals surface area contributed by atoms with Crippen molar-refractivity contribution in [2.75, 3.05) is 6.54 Å². The molecule has 1 aliphatic rings. The van der Waals surface area contributed by atoms with E-state index in [1.807, 2.05) is 10.3 Å². The highest BCUT2D eigenvalue weighted by molar-refractivity contribution is 7.09. The number of thiazole rings is 1. The molecule has 0 aliphatic heterocycles. The summed E-state index contributed by atoms with van der Waals surface area (Å²) in [5.74, 6) is -0.747. The van der Waals surface area contributed by atoms with E-state index in [2.05, 4.69) is 4.98 Å². The van der Waals surface area contributed by atoms with Crippen LogP contribution in [0.15, 0.2) is 11.6 Å². The Kier molecular flexibility index (Phi) is 3.90. The van der Waals surface area contributed by atoms with Gasteiger partial charge >= 0.3 is 5.97 Å². The zero-order valence-corrected chi connectivity index (χ0v) is 9.95. The molecule has 4 nitrogen and oxygen atoms in total. The highest BCUT2D eigenvalue weighted by Crippen LogP contribution is 2.25. The Labute approximate surface area is 98.9 Å². The van der Waals surface area contributed by atoms with Gasteiger partial charge in [-0.1, -0.05) is 12.8 Å². The Balaban J connectivity index is 1.98. The largest absolute Gasteiger partial charge is 0.480 e. The van der Waals surface area contributed by atoms with Crippen molar-refractivity contribution in [1.29, 1.82) is 0 Å². The molecule has 0 radical (unpaired) electrons. The van der Waals surface area contributed by atoms with Gasteiger partial charge in [-0.15, -0.1) is 11.3 Å². The van der Waals surface area contributed by atoms with E-state index >= 15 is 0 Å². The lowest BCUT2D eigenvalue weighted by Crippen LogP contribution is -2.36. The van der Waals surface area contributed by atoms with Crippen molar-refractivity contribution in [3.8, 4) is 0 Å². The summed E-state index contributed by atoms with van der Waals surface area (Å²) in [6.45, 7) is 0.804. The average molecular weight is 240 g/mol. The second-order valence-corrected chi connectivity index (χ2v) is 5.14. The van der Waals surface area contributed by atoms with Gasteiger partial charge in [0.25, 0.3) is 0 Å². The molecule has 0 saturated heterocycles. The predicted octanol–water partition coefficient (Wildman–Crippen LogP) is 1.97. The first-order chi connectivity index (χ1) is 7.75. The van der Waals surface area contributed by atoms with E-state index in [0.717, 1.165) is 17.8 Å². The first-order valence-corrected chi connectivity index (χ1v) is 6.48. The van der Waals surface area contributed by atoms with Gasteiger partial charge < -0.3 is 5.11 Å². The Morgan fingerprint density at radius 2 is 2.31 bits per heavy atom. The quantitative estimate of drug-likeness (QED) is 0.855. The van der Waals surface area contributed by atoms with Crippen molar-refractivity contribution in [3.63, 3.8) is 0 Å². The van der Waals surface area contributed by atoms with Crippen LogP contribution in [-0.2, 0) is 11.3 Å². The van der Waals surface area contributed by atoms with Crippen molar-refractivity contribution in [2.24, 2.45) is 0 Å². The number of hydrogen-bond donors (Lipinski definition) is 1. The number of carboxylic acid groups (broad SMARTS) is 1. The number of carbonyl (C=O) groups is 1. The summed E-state index contributed by atoms with van der Waals surface area (Å²) in [6.07, 6.45) is 6.46. The van der Waals surface area contributed by atoms with Gasteiger partial charge in [0.15, 0.2) is 0 Å². The van der Waals surface area contributed by atoms with Gasteiger partial charge in [-0.25, -0.2) is 4.98 Å². The maximum Gasteiger partial charge on any atom is 0.317 e. The van der Waals surface area contributed by atoms with Crippen molar-refractivity contribution in [1.82, 2.24) is 9.88 Å². The molecule has 1 N–H and O–H groups in total. The first kappa shape index (κ1) is 11.5. The molecule has 16 heavy (non-hydrogen) atoms. The topological polar surface area (TPSA) is 53.4 Å². The van der Waals surface area contributed by atoms with Crippen LogP contribution in [0.1, 0.15) is 30.7 Å². The van der Waals surface area contributed by atoms with E-state index in [-0.39, 0.29) is 6.54 Å². The van der Waals surface area contributed by atoms with Crippen LogP contribution in [0.4, 0.5) is 0 Å². The highest BCUT2D eigenvalue weighted by atomic mass is 32.1. The van der Waals surface area contributed by atoms with Crippen molar-refractivity contribution in [2.45, 2.75) is 38.3 Å². The first-order valence-electron chi connectivity index (χ1n) is 5.60. The Morgan fingerprint density at radius 3 is 2.88 bits per heavy atom. The minimum absolute atomic E-state index is 0.129. The smallest absolute Gasteiger partial charge is 0.317 e. The van der Waals surface area contributed by atoms with Crippen LogP contribution in [0.3, 0.4) is 0 Å². The maximum atomic E-state index is 10.8. The molecule has 88 valence electrons. The molecule has 0 amide bonds. The summed E-state index contributed by atoms with van der Waals surface area (Å²) in [7, 11) is 0. The third-order valence-corrected chi connectivity index (χ3v) is 3.77. The summed E-state index contributed by atoms with van der Waals surface area (Å²) >= 11 is 1.59. The van der Waals surface area contributed by atoms with Gasteiger partial charge in [0.05, 0.1) is 13.1 Å². The summed E-state index contributed by atoms with van der Waals surface area (Å²) in [6, 6.07) is 0.431. The van der Waals surface area contributed by atoms with Crippen LogP contribution in [-0.4, -0.2) is 33.5 Å². The summed E-state index contributed by atoms with van der Waals surface area (Å²) < 4.78 is 0. The lowest BCUT2D eigenvalue weighted by Gasteiger charge is -2.25. The molecule has 0 unspecified atom stereocenters. The molecule has 0 spiro atoms. The van der Waals surface area contributed by atoms with Gasteiger partial charge in [-0.05, 0) is 12.8 Å². The molecule has 1 heterocycles. The van der Waals surface area contributed by atoms with Crippen LogP contribution in [0, 0.1) is 0 Å². The fourth-order valence-corrected chi connectivity index (χ4v) is 2.90. The molecule has 1 aliphatic carbocycles. The molecular formula is C11H16N2O2S. The number of carboxylic acids is 1. The highest BCUT2D eigenvalue weighted by Gasteiger charge is 2.24. The number of nitrogens with zero attached hydrogens (tertiary/aromatic N) is 2. The third-order valence-electron chi connectivity index (χ3n) is 3.00. The van der Waals surface area contributed by atoms with Gasteiger partial charge in [0, 0.05) is 17.6 Å². The number of hydrogen-bond acceptors (Lipinski definition) is 4. The van der Waals surface area contributed by atoms with Gasteiger partial charge in [-0.2, -0.15) is 0 Å². The fourth-order valence-electron chi connectivity index (χ4n) is 2.26. The number of aromatic nitrogens is 1. The Bertz CT molecular complexity index is 334. The van der Waals surface area contributed by atoms with E-state index in [1.54, 1.807) is 17.5 Å². The lowest BCUT2D eigenvalue weighted by molar-refractivity contribution is -0.139. The molecule has 5 heteroatoms. The summed E-state index contributed by atoms with van der Waals surface area (Å²) in [5.41, 5.74) is 0. The van der Waals surface area contributed by atoms with Gasteiger partial charge in [0.1, 0.15) is 5.01 Å². The van der Waals surface area contributed by atoms with Crippen molar-refractivity contribution < 1.29 is 9.90 Å². The molecule has 2 rings (SSSR count). The summed E-state index contributed by atoms with van der Waals surface area (Å²) in [4.78, 5) is 17.1. The van der Waals surface area contributed by atoms with Crippen LogP contribution < -0.4 is 0 Å². The zero-order valence-electron chi connectivity index (χ0n) is 9.13. The van der Waals surface area contributed by atoms with E-state index in [9.17, 15) is 4.79 Å². The fraction of sp³-hybridized carbons (Fsp3) is 0.636. The van der Waals surface area contributed by atoms with Crippen molar-refractivity contribution in [3.05, 3.63) is 16.6 Å². The SMILES string of the molecule is O=C(O)CN(Cc1nccs1)C1CCCC1. The zero-order chi connectivity index (χ0) is 11.4. The standard InChI is InChI=1S/C11H16N2O2S/c14-11(15)8-13(9-3-1-2-4-9)7-10-12-5-6-16-10/h5-6,9H,1-4,7-8H2,(H,14,15). The molecular weight excluding hydrogens is 224 g/mol. The second-order valence-electron chi connectivity index (χ2n) is 4.16. The Hall–Kier alpha value is -0.940. The predicted molar refractivity (Wildman–Crippen MR) is 62.4 cm³/mol. The number of rotatable bonds is 5. The minimum atomic E-state index is -0.747. The lowest BCUT2D eigenvalue weighted by atomic mass is 10.2. The van der Waals surface area contributed by atoms with Crippen LogP contribution in [0.2, 0.25) is 0 Å².